The number of hydrogen-bond donors (Lipinski definition) is 4. The summed E-state index contributed by atoms with van der Waals surface area (Å²) in [6.07, 6.45) is 0. The molecule has 0 radical (unpaired) electrons. The third kappa shape index (κ3) is 4.35. The monoisotopic (exact) mass is 292 g/mol. The highest BCUT2D eigenvalue weighted by atomic mass is 15.3. The van der Waals surface area contributed by atoms with Crippen LogP contribution in [0.15, 0.2) is 59.7 Å². The molecule has 0 aliphatic carbocycles. The topological polar surface area (TPSA) is 110 Å². The van der Waals surface area contributed by atoms with E-state index in [1.165, 1.54) is 5.56 Å². The molecule has 2 aromatic rings. The summed E-state index contributed by atoms with van der Waals surface area (Å²) in [4.78, 5) is 0. The van der Waals surface area contributed by atoms with Gasteiger partial charge in [0.25, 0.3) is 0 Å². The maximum absolute atomic E-state index is 8.75. The fourth-order valence-electron chi connectivity index (χ4n) is 1.73. The zero-order valence-corrected chi connectivity index (χ0v) is 11.9. The molecule has 22 heavy (non-hydrogen) atoms. The summed E-state index contributed by atoms with van der Waals surface area (Å²) in [6.45, 7) is 0.745. The Hall–Kier alpha value is -3.33. The Kier molecular flexibility index (Phi) is 5.10. The minimum Gasteiger partial charge on any atom is -0.382 e. The molecule has 5 N–H and O–H groups in total. The molecule has 0 atom stereocenters. The van der Waals surface area contributed by atoms with E-state index < -0.39 is 0 Å². The van der Waals surface area contributed by atoms with E-state index in [2.05, 4.69) is 28.0 Å². The van der Waals surface area contributed by atoms with Crippen LogP contribution < -0.4 is 16.5 Å². The second-order valence-corrected chi connectivity index (χ2v) is 4.51. The summed E-state index contributed by atoms with van der Waals surface area (Å²) >= 11 is 0. The Morgan fingerprint density at radius 2 is 1.73 bits per heavy atom. The molecule has 110 valence electrons. The quantitative estimate of drug-likeness (QED) is 0.372. The van der Waals surface area contributed by atoms with Crippen molar-refractivity contribution in [1.29, 1.82) is 10.7 Å². The first-order chi connectivity index (χ1) is 10.7. The zero-order chi connectivity index (χ0) is 15.8. The Balaban J connectivity index is 1.93. The van der Waals surface area contributed by atoms with Gasteiger partial charge in [-0.2, -0.15) is 10.4 Å². The van der Waals surface area contributed by atoms with E-state index in [0.717, 1.165) is 12.2 Å². The summed E-state index contributed by atoms with van der Waals surface area (Å²) in [5.74, 6) is -0.365. The van der Waals surface area contributed by atoms with Crippen LogP contribution in [-0.2, 0) is 6.54 Å². The number of nitrogens with two attached hydrogens (primary N) is 1. The Morgan fingerprint density at radius 1 is 1.09 bits per heavy atom. The third-order valence-electron chi connectivity index (χ3n) is 2.88. The van der Waals surface area contributed by atoms with E-state index in [1.54, 1.807) is 6.07 Å². The number of hydrazone groups is 1. The molecular weight excluding hydrogens is 276 g/mol. The number of benzene rings is 2. The SMILES string of the molecule is N#C/C(=N\Nc1ccc(NCc2ccccc2)cc1)C(=N)N. The normalized spacial score (nSPS) is 10.6. The Bertz CT molecular complexity index is 698. The molecular formula is C16H16N6. The average Bonchev–Trinajstić information content (AvgIpc) is 2.55. The minimum atomic E-state index is -0.365. The molecule has 0 aromatic heterocycles. The van der Waals surface area contributed by atoms with Crippen LogP contribution in [0, 0.1) is 16.7 Å². The summed E-state index contributed by atoms with van der Waals surface area (Å²) in [5.41, 5.74) is 10.6. The highest BCUT2D eigenvalue weighted by molar-refractivity contribution is 6.45. The molecule has 6 heteroatoms. The van der Waals surface area contributed by atoms with Crippen LogP contribution in [0.5, 0.6) is 0 Å². The molecule has 0 saturated heterocycles. The van der Waals surface area contributed by atoms with Crippen LogP contribution in [0.4, 0.5) is 11.4 Å². The van der Waals surface area contributed by atoms with Crippen molar-refractivity contribution in [2.45, 2.75) is 6.54 Å². The van der Waals surface area contributed by atoms with Crippen LogP contribution in [0.25, 0.3) is 0 Å². The number of anilines is 2. The van der Waals surface area contributed by atoms with E-state index in [9.17, 15) is 0 Å². The number of rotatable bonds is 6. The molecule has 2 aromatic carbocycles. The summed E-state index contributed by atoms with van der Waals surface area (Å²) in [7, 11) is 0. The van der Waals surface area contributed by atoms with Gasteiger partial charge in [0.2, 0.25) is 5.71 Å². The van der Waals surface area contributed by atoms with Gasteiger partial charge in [0.1, 0.15) is 6.07 Å². The van der Waals surface area contributed by atoms with E-state index in [1.807, 2.05) is 42.5 Å². The van der Waals surface area contributed by atoms with Gasteiger partial charge < -0.3 is 11.1 Å². The molecule has 0 spiro atoms. The smallest absolute Gasteiger partial charge is 0.201 e. The minimum absolute atomic E-state index is 0.147. The maximum Gasteiger partial charge on any atom is 0.201 e. The van der Waals surface area contributed by atoms with Gasteiger partial charge >= 0.3 is 0 Å². The zero-order valence-electron chi connectivity index (χ0n) is 11.9. The van der Waals surface area contributed by atoms with Crippen LogP contribution in [0.2, 0.25) is 0 Å². The molecule has 2 rings (SSSR count). The van der Waals surface area contributed by atoms with Crippen molar-refractivity contribution in [2.24, 2.45) is 10.8 Å². The van der Waals surface area contributed by atoms with Gasteiger partial charge in [0.15, 0.2) is 5.84 Å². The summed E-state index contributed by atoms with van der Waals surface area (Å²) < 4.78 is 0. The van der Waals surface area contributed by atoms with E-state index in [-0.39, 0.29) is 11.5 Å². The third-order valence-corrected chi connectivity index (χ3v) is 2.88. The molecule has 0 unspecified atom stereocenters. The lowest BCUT2D eigenvalue weighted by Gasteiger charge is -2.07. The maximum atomic E-state index is 8.75. The van der Waals surface area contributed by atoms with Crippen LogP contribution >= 0.6 is 0 Å². The van der Waals surface area contributed by atoms with Crippen molar-refractivity contribution in [2.75, 3.05) is 10.7 Å². The van der Waals surface area contributed by atoms with Crippen molar-refractivity contribution in [3.63, 3.8) is 0 Å². The predicted molar refractivity (Wildman–Crippen MR) is 88.8 cm³/mol. The number of nitrogens with one attached hydrogen (secondary N) is 3. The number of nitriles is 1. The first-order valence-electron chi connectivity index (χ1n) is 6.65. The van der Waals surface area contributed by atoms with Crippen LogP contribution in [0.3, 0.4) is 0 Å². The molecule has 0 heterocycles. The summed E-state index contributed by atoms with van der Waals surface area (Å²) in [6, 6.07) is 19.3. The van der Waals surface area contributed by atoms with Crippen molar-refractivity contribution in [3.05, 3.63) is 60.2 Å². The predicted octanol–water partition coefficient (Wildman–Crippen LogP) is 2.53. The van der Waals surface area contributed by atoms with Gasteiger partial charge in [0, 0.05) is 12.2 Å². The second-order valence-electron chi connectivity index (χ2n) is 4.51. The van der Waals surface area contributed by atoms with Gasteiger partial charge in [-0.1, -0.05) is 30.3 Å². The van der Waals surface area contributed by atoms with Crippen molar-refractivity contribution in [3.8, 4) is 6.07 Å². The van der Waals surface area contributed by atoms with Crippen molar-refractivity contribution < 1.29 is 0 Å². The van der Waals surface area contributed by atoms with E-state index in [4.69, 9.17) is 16.4 Å². The number of nitrogens with zero attached hydrogens (tertiary/aromatic N) is 2. The van der Waals surface area contributed by atoms with Gasteiger partial charge in [-0.3, -0.25) is 10.8 Å². The summed E-state index contributed by atoms with van der Waals surface area (Å²) in [5, 5.41) is 23.0. The average molecular weight is 292 g/mol. The lowest BCUT2D eigenvalue weighted by atomic mass is 10.2. The fourth-order valence-corrected chi connectivity index (χ4v) is 1.73. The Morgan fingerprint density at radius 3 is 2.32 bits per heavy atom. The van der Waals surface area contributed by atoms with Crippen molar-refractivity contribution >= 4 is 22.9 Å². The van der Waals surface area contributed by atoms with Gasteiger partial charge in [-0.25, -0.2) is 0 Å². The molecule has 0 fully saturated rings. The first-order valence-corrected chi connectivity index (χ1v) is 6.65. The molecule has 6 nitrogen and oxygen atoms in total. The fraction of sp³-hybridized carbons (Fsp3) is 0.0625. The van der Waals surface area contributed by atoms with Crippen LogP contribution in [-0.4, -0.2) is 11.5 Å². The standard InChI is InChI=1S/C16H16N6/c17-10-15(16(18)19)22-21-14-8-6-13(7-9-14)20-11-12-4-2-1-3-5-12/h1-9,20-21H,11H2,(H3,18,19)/b22-15+. The molecule has 0 bridgehead atoms. The molecule has 0 aliphatic heterocycles. The Labute approximate surface area is 128 Å². The lowest BCUT2D eigenvalue weighted by Crippen LogP contribution is -2.21. The first kappa shape index (κ1) is 15.1. The second kappa shape index (κ2) is 7.45. The van der Waals surface area contributed by atoms with Gasteiger partial charge in [-0.05, 0) is 29.8 Å². The number of hydrogen-bond acceptors (Lipinski definition) is 5. The number of amidine groups is 1. The van der Waals surface area contributed by atoms with Gasteiger partial charge in [-0.15, -0.1) is 0 Å². The van der Waals surface area contributed by atoms with Crippen LogP contribution in [0.1, 0.15) is 5.56 Å². The highest BCUT2D eigenvalue weighted by Crippen LogP contribution is 2.14. The highest BCUT2D eigenvalue weighted by Gasteiger charge is 2.00. The molecule has 0 aliphatic rings. The van der Waals surface area contributed by atoms with Crippen molar-refractivity contribution in [1.82, 2.24) is 0 Å². The lowest BCUT2D eigenvalue weighted by molar-refractivity contribution is 1.15. The molecule has 0 amide bonds. The largest absolute Gasteiger partial charge is 0.382 e. The van der Waals surface area contributed by atoms with E-state index >= 15 is 0 Å². The molecule has 0 saturated carbocycles. The van der Waals surface area contributed by atoms with Gasteiger partial charge in [0.05, 0.1) is 5.69 Å². The van der Waals surface area contributed by atoms with E-state index in [0.29, 0.717) is 5.69 Å².